The summed E-state index contributed by atoms with van der Waals surface area (Å²) >= 11 is 1.57. The maximum absolute atomic E-state index is 13.4. The highest BCUT2D eigenvalue weighted by molar-refractivity contribution is 7.09. The molecule has 2 N–H and O–H groups in total. The van der Waals surface area contributed by atoms with Gasteiger partial charge in [-0.05, 0) is 81.1 Å². The molecule has 0 spiro atoms. The van der Waals surface area contributed by atoms with Crippen LogP contribution in [0.15, 0.2) is 78.2 Å². The van der Waals surface area contributed by atoms with Gasteiger partial charge < -0.3 is 20.3 Å². The summed E-state index contributed by atoms with van der Waals surface area (Å²) in [6, 6.07) is 23.7. The second kappa shape index (κ2) is 18.6. The summed E-state index contributed by atoms with van der Waals surface area (Å²) in [6.07, 6.45) is 2.39. The van der Waals surface area contributed by atoms with Crippen LogP contribution in [0.5, 0.6) is 5.75 Å². The number of carbonyl (C=O) groups excluding carboxylic acids is 2. The number of benzene rings is 3. The van der Waals surface area contributed by atoms with E-state index in [9.17, 15) is 9.59 Å². The molecule has 0 bridgehead atoms. The minimum absolute atomic E-state index is 0.0687. The molecule has 3 aromatic carbocycles. The summed E-state index contributed by atoms with van der Waals surface area (Å²) in [5, 5.41) is 9.31. The van der Waals surface area contributed by atoms with E-state index in [1.54, 1.807) is 24.5 Å². The lowest BCUT2D eigenvalue weighted by Crippen LogP contribution is -2.32. The quantitative estimate of drug-likeness (QED) is 0.150. The Labute approximate surface area is 266 Å². The standard InChI is InChI=1S/C29H38N4O3S.C7H8/c1-5-13-33(19-27-32-21(3)20-37-27)29(35)25-15-22(6-2)14-24(17-25)28(34)31-12-8-11-30-18-23-9-7-10-26(16-23)36-4;1-7-5-3-2-4-6-7/h7,9-10,14-17,20,30H,5-6,8,11-13,18-19H2,1-4H3,(H,31,34);2-6H,1H3. The monoisotopic (exact) mass is 614 g/mol. The Morgan fingerprint density at radius 1 is 0.909 bits per heavy atom. The highest BCUT2D eigenvalue weighted by atomic mass is 32.1. The molecule has 2 amide bonds. The number of carbonyl (C=O) groups is 2. The topological polar surface area (TPSA) is 83.6 Å². The number of hydrogen-bond donors (Lipinski definition) is 2. The maximum atomic E-state index is 13.4. The Balaban J connectivity index is 0.000000662. The van der Waals surface area contributed by atoms with Crippen molar-refractivity contribution >= 4 is 23.2 Å². The van der Waals surface area contributed by atoms with E-state index in [1.165, 1.54) is 5.56 Å². The van der Waals surface area contributed by atoms with Crippen molar-refractivity contribution in [3.63, 3.8) is 0 Å². The number of methoxy groups -OCH3 is 1. The Kier molecular flexibility index (Phi) is 14.6. The molecule has 0 fully saturated rings. The third kappa shape index (κ3) is 11.6. The zero-order valence-corrected chi connectivity index (χ0v) is 27.5. The molecule has 0 aliphatic rings. The molecule has 0 aliphatic carbocycles. The maximum Gasteiger partial charge on any atom is 0.254 e. The van der Waals surface area contributed by atoms with Crippen LogP contribution in [-0.4, -0.2) is 48.4 Å². The predicted molar refractivity (Wildman–Crippen MR) is 181 cm³/mol. The van der Waals surface area contributed by atoms with Crippen molar-refractivity contribution in [3.8, 4) is 5.75 Å². The number of rotatable bonds is 14. The summed E-state index contributed by atoms with van der Waals surface area (Å²) in [5.74, 6) is 0.616. The van der Waals surface area contributed by atoms with Crippen molar-refractivity contribution in [3.05, 3.63) is 117 Å². The zero-order chi connectivity index (χ0) is 31.7. The van der Waals surface area contributed by atoms with Gasteiger partial charge in [0.1, 0.15) is 10.8 Å². The molecule has 0 saturated carbocycles. The van der Waals surface area contributed by atoms with Crippen LogP contribution in [-0.2, 0) is 19.5 Å². The van der Waals surface area contributed by atoms with E-state index in [0.717, 1.165) is 59.9 Å². The zero-order valence-electron chi connectivity index (χ0n) is 26.7. The van der Waals surface area contributed by atoms with Crippen LogP contribution < -0.4 is 15.4 Å². The summed E-state index contributed by atoms with van der Waals surface area (Å²) in [7, 11) is 1.66. The first-order valence-electron chi connectivity index (χ1n) is 15.3. The molecule has 4 rings (SSSR count). The highest BCUT2D eigenvalue weighted by Crippen LogP contribution is 2.18. The third-order valence-corrected chi connectivity index (χ3v) is 7.85. The molecule has 0 radical (unpaired) electrons. The largest absolute Gasteiger partial charge is 0.497 e. The van der Waals surface area contributed by atoms with Gasteiger partial charge in [0.25, 0.3) is 11.8 Å². The van der Waals surface area contributed by atoms with E-state index >= 15 is 0 Å². The molecule has 44 heavy (non-hydrogen) atoms. The van der Waals surface area contributed by atoms with Gasteiger partial charge in [-0.25, -0.2) is 4.98 Å². The second-order valence-electron chi connectivity index (χ2n) is 10.7. The van der Waals surface area contributed by atoms with Crippen LogP contribution in [0, 0.1) is 13.8 Å². The minimum atomic E-state index is -0.158. The van der Waals surface area contributed by atoms with Crippen molar-refractivity contribution in [1.29, 1.82) is 0 Å². The number of nitrogens with one attached hydrogen (secondary N) is 2. The van der Waals surface area contributed by atoms with Gasteiger partial charge in [0.05, 0.1) is 13.7 Å². The lowest BCUT2D eigenvalue weighted by Gasteiger charge is -2.22. The average molecular weight is 615 g/mol. The van der Waals surface area contributed by atoms with E-state index in [-0.39, 0.29) is 11.8 Å². The Morgan fingerprint density at radius 2 is 1.68 bits per heavy atom. The highest BCUT2D eigenvalue weighted by Gasteiger charge is 2.19. The van der Waals surface area contributed by atoms with E-state index in [4.69, 9.17) is 4.74 Å². The third-order valence-electron chi connectivity index (χ3n) is 6.90. The Hall–Kier alpha value is -4.01. The number of thiazole rings is 1. The molecule has 1 heterocycles. The van der Waals surface area contributed by atoms with Crippen molar-refractivity contribution < 1.29 is 14.3 Å². The van der Waals surface area contributed by atoms with E-state index in [1.807, 2.05) is 72.7 Å². The van der Waals surface area contributed by atoms with Crippen LogP contribution in [0.4, 0.5) is 0 Å². The summed E-state index contributed by atoms with van der Waals surface area (Å²) in [5.41, 5.74) is 5.48. The second-order valence-corrected chi connectivity index (χ2v) is 11.6. The smallest absolute Gasteiger partial charge is 0.254 e. The molecule has 0 saturated heterocycles. The SMILES string of the molecule is CCCN(Cc1nc(C)cs1)C(=O)c1cc(CC)cc(C(=O)NCCCNCc2cccc(OC)c2)c1.Cc1ccccc1. The van der Waals surface area contributed by atoms with Gasteiger partial charge in [-0.3, -0.25) is 9.59 Å². The molecular formula is C36H46N4O3S. The van der Waals surface area contributed by atoms with Crippen molar-refractivity contribution in [2.24, 2.45) is 0 Å². The van der Waals surface area contributed by atoms with Gasteiger partial charge >= 0.3 is 0 Å². The number of hydrogen-bond acceptors (Lipinski definition) is 6. The normalized spacial score (nSPS) is 10.5. The van der Waals surface area contributed by atoms with Gasteiger partial charge in [-0.2, -0.15) is 0 Å². The number of aryl methyl sites for hydroxylation is 3. The van der Waals surface area contributed by atoms with Crippen molar-refractivity contribution in [2.75, 3.05) is 26.7 Å². The Bertz CT molecular complexity index is 1450. The van der Waals surface area contributed by atoms with E-state index < -0.39 is 0 Å². The van der Waals surface area contributed by atoms with E-state index in [2.05, 4.69) is 47.7 Å². The fourth-order valence-corrected chi connectivity index (χ4v) is 5.35. The van der Waals surface area contributed by atoms with Gasteiger partial charge in [-0.15, -0.1) is 11.3 Å². The molecule has 4 aromatic rings. The molecule has 7 nitrogen and oxygen atoms in total. The molecule has 234 valence electrons. The number of aromatic nitrogens is 1. The molecule has 1 aromatic heterocycles. The van der Waals surface area contributed by atoms with Crippen molar-refractivity contribution in [2.45, 2.75) is 60.0 Å². The predicted octanol–water partition coefficient (Wildman–Crippen LogP) is 6.98. The van der Waals surface area contributed by atoms with Crippen LogP contribution in [0.2, 0.25) is 0 Å². The number of nitrogens with zero attached hydrogens (tertiary/aromatic N) is 2. The van der Waals surface area contributed by atoms with Gasteiger partial charge in [0.2, 0.25) is 0 Å². The van der Waals surface area contributed by atoms with Crippen LogP contribution in [0.25, 0.3) is 0 Å². The lowest BCUT2D eigenvalue weighted by molar-refractivity contribution is 0.0743. The fourth-order valence-electron chi connectivity index (χ4n) is 4.56. The van der Waals surface area contributed by atoms with Crippen molar-refractivity contribution in [1.82, 2.24) is 20.5 Å². The van der Waals surface area contributed by atoms with Crippen LogP contribution in [0.1, 0.15) is 74.8 Å². The minimum Gasteiger partial charge on any atom is -0.497 e. The first-order valence-corrected chi connectivity index (χ1v) is 16.2. The summed E-state index contributed by atoms with van der Waals surface area (Å²) in [6.45, 7) is 11.3. The molecular weight excluding hydrogens is 568 g/mol. The summed E-state index contributed by atoms with van der Waals surface area (Å²) < 4.78 is 5.26. The average Bonchev–Trinajstić information content (AvgIpc) is 3.46. The first-order chi connectivity index (χ1) is 21.3. The number of amides is 2. The van der Waals surface area contributed by atoms with Gasteiger partial charge in [-0.1, -0.05) is 61.9 Å². The molecule has 0 unspecified atom stereocenters. The van der Waals surface area contributed by atoms with E-state index in [0.29, 0.717) is 30.8 Å². The first kappa shape index (κ1) is 34.5. The summed E-state index contributed by atoms with van der Waals surface area (Å²) in [4.78, 5) is 32.7. The number of ether oxygens (including phenoxy) is 1. The van der Waals surface area contributed by atoms with Crippen LogP contribution in [0.3, 0.4) is 0 Å². The van der Waals surface area contributed by atoms with Gasteiger partial charge in [0.15, 0.2) is 0 Å². The molecule has 0 aliphatic heterocycles. The lowest BCUT2D eigenvalue weighted by atomic mass is 10.0. The molecule has 8 heteroatoms. The fraction of sp³-hybridized carbons (Fsp3) is 0.361. The Morgan fingerprint density at radius 3 is 2.32 bits per heavy atom. The molecule has 0 atom stereocenters. The van der Waals surface area contributed by atoms with Gasteiger partial charge in [0, 0.05) is 41.8 Å². The van der Waals surface area contributed by atoms with Crippen LogP contribution >= 0.6 is 11.3 Å².